The van der Waals surface area contributed by atoms with Crippen LogP contribution in [0.4, 0.5) is 0 Å². The third-order valence-corrected chi connectivity index (χ3v) is 5.88. The topological polar surface area (TPSA) is 60.3 Å². The first-order chi connectivity index (χ1) is 11.1. The molecule has 0 N–H and O–H groups in total. The fourth-order valence-electron chi connectivity index (χ4n) is 3.31. The molecule has 23 heavy (non-hydrogen) atoms. The number of aromatic nitrogens is 3. The smallest absolute Gasteiger partial charge is 0.254 e. The highest BCUT2D eigenvalue weighted by molar-refractivity contribution is 7.10. The number of ether oxygens (including phenoxy) is 1. The quantitative estimate of drug-likeness (QED) is 0.847. The van der Waals surface area contributed by atoms with Crippen LogP contribution in [0.15, 0.2) is 17.6 Å². The molecule has 2 aliphatic rings. The Balaban J connectivity index is 1.54. The maximum absolute atomic E-state index is 12.8. The van der Waals surface area contributed by atoms with Gasteiger partial charge >= 0.3 is 0 Å². The van der Waals surface area contributed by atoms with Crippen molar-refractivity contribution >= 4 is 17.2 Å². The number of likely N-dealkylation sites (tertiary alicyclic amines) is 1. The lowest BCUT2D eigenvalue weighted by atomic mass is 9.99. The maximum atomic E-state index is 12.8. The van der Waals surface area contributed by atoms with Crippen molar-refractivity contribution in [1.82, 2.24) is 19.9 Å². The molecule has 7 heteroatoms. The second kappa shape index (κ2) is 5.72. The van der Waals surface area contributed by atoms with E-state index in [-0.39, 0.29) is 18.1 Å². The molecule has 0 unspecified atom stereocenters. The van der Waals surface area contributed by atoms with Gasteiger partial charge in [-0.25, -0.2) is 4.68 Å². The zero-order valence-electron chi connectivity index (χ0n) is 13.3. The summed E-state index contributed by atoms with van der Waals surface area (Å²) in [5.74, 6) is 0.565. The number of carbonyl (C=O) groups excluding carboxylic acids is 1. The van der Waals surface area contributed by atoms with Gasteiger partial charge in [-0.15, -0.1) is 16.4 Å². The van der Waals surface area contributed by atoms with E-state index in [1.807, 2.05) is 21.0 Å². The minimum atomic E-state index is 0.0714. The molecule has 2 atom stereocenters. The molecule has 1 amide bonds. The summed E-state index contributed by atoms with van der Waals surface area (Å²) < 4.78 is 7.83. The highest BCUT2D eigenvalue weighted by Gasteiger charge is 2.38. The van der Waals surface area contributed by atoms with Gasteiger partial charge in [-0.2, -0.15) is 0 Å². The lowest BCUT2D eigenvalue weighted by Gasteiger charge is -2.40. The normalized spacial score (nSPS) is 23.7. The van der Waals surface area contributed by atoms with Gasteiger partial charge in [0.05, 0.1) is 36.2 Å². The Morgan fingerprint density at radius 1 is 1.48 bits per heavy atom. The van der Waals surface area contributed by atoms with Gasteiger partial charge in [-0.1, -0.05) is 19.1 Å². The summed E-state index contributed by atoms with van der Waals surface area (Å²) in [7, 11) is 0. The minimum absolute atomic E-state index is 0.0714. The Kier molecular flexibility index (Phi) is 3.69. The Labute approximate surface area is 139 Å². The Morgan fingerprint density at radius 3 is 3.13 bits per heavy atom. The summed E-state index contributed by atoms with van der Waals surface area (Å²) in [6.45, 7) is 6.22. The summed E-state index contributed by atoms with van der Waals surface area (Å²) in [5.41, 5.74) is 1.78. The molecule has 4 rings (SSSR count). The van der Waals surface area contributed by atoms with Gasteiger partial charge in [0.1, 0.15) is 0 Å². The lowest BCUT2D eigenvalue weighted by Crippen LogP contribution is -2.49. The first-order valence-electron chi connectivity index (χ1n) is 8.02. The highest BCUT2D eigenvalue weighted by atomic mass is 32.1. The molecular weight excluding hydrogens is 312 g/mol. The first-order valence-corrected chi connectivity index (χ1v) is 8.90. The average molecular weight is 332 g/mol. The van der Waals surface area contributed by atoms with E-state index in [0.29, 0.717) is 19.1 Å². The van der Waals surface area contributed by atoms with Crippen LogP contribution in [-0.4, -0.2) is 45.0 Å². The van der Waals surface area contributed by atoms with Crippen molar-refractivity contribution < 1.29 is 9.53 Å². The van der Waals surface area contributed by atoms with Crippen molar-refractivity contribution in [2.24, 2.45) is 0 Å². The van der Waals surface area contributed by atoms with E-state index in [1.165, 1.54) is 4.88 Å². The lowest BCUT2D eigenvalue weighted by molar-refractivity contribution is -0.0605. The van der Waals surface area contributed by atoms with E-state index in [1.54, 1.807) is 17.5 Å². The van der Waals surface area contributed by atoms with Crippen LogP contribution >= 0.6 is 11.3 Å². The van der Waals surface area contributed by atoms with Crippen molar-refractivity contribution in [3.63, 3.8) is 0 Å². The number of fused-ring (bicyclic) bond motifs is 3. The van der Waals surface area contributed by atoms with Crippen LogP contribution in [0.5, 0.6) is 0 Å². The van der Waals surface area contributed by atoms with Crippen LogP contribution in [0.3, 0.4) is 0 Å². The fraction of sp³-hybridized carbons (Fsp3) is 0.562. The standard InChI is InChI=1S/C16H20N4O2S/c1-10(2)15-5-11(9-23-15)16(21)19-4-3-14-13(7-19)20-12(8-22-14)6-17-18-20/h5-6,9-10,13-14H,3-4,7-8H2,1-2H3/t13-,14+/m1/s1. The van der Waals surface area contributed by atoms with Crippen LogP contribution in [0.25, 0.3) is 0 Å². The molecule has 2 aromatic rings. The zero-order chi connectivity index (χ0) is 16.0. The highest BCUT2D eigenvalue weighted by Crippen LogP contribution is 2.31. The van der Waals surface area contributed by atoms with Gasteiger partial charge in [0, 0.05) is 23.3 Å². The summed E-state index contributed by atoms with van der Waals surface area (Å²) in [6, 6.07) is 2.10. The van der Waals surface area contributed by atoms with E-state index in [2.05, 4.69) is 24.2 Å². The number of hydrogen-bond donors (Lipinski definition) is 0. The zero-order valence-corrected chi connectivity index (χ0v) is 14.1. The molecule has 2 aliphatic heterocycles. The molecular formula is C16H20N4O2S. The van der Waals surface area contributed by atoms with Crippen LogP contribution in [-0.2, 0) is 11.3 Å². The number of piperidine rings is 1. The van der Waals surface area contributed by atoms with Crippen molar-refractivity contribution in [2.75, 3.05) is 13.1 Å². The van der Waals surface area contributed by atoms with E-state index in [4.69, 9.17) is 4.74 Å². The minimum Gasteiger partial charge on any atom is -0.370 e. The van der Waals surface area contributed by atoms with Gasteiger partial charge in [-0.3, -0.25) is 4.79 Å². The second-order valence-corrected chi connectivity index (χ2v) is 7.46. The predicted octanol–water partition coefficient (Wildman–Crippen LogP) is 2.45. The molecule has 2 aromatic heterocycles. The van der Waals surface area contributed by atoms with E-state index in [9.17, 15) is 4.79 Å². The molecule has 0 bridgehead atoms. The number of carbonyl (C=O) groups is 1. The molecule has 0 aliphatic carbocycles. The number of hydrogen-bond acceptors (Lipinski definition) is 5. The van der Waals surface area contributed by atoms with Gasteiger partial charge in [0.2, 0.25) is 0 Å². The largest absolute Gasteiger partial charge is 0.370 e. The molecule has 4 heterocycles. The van der Waals surface area contributed by atoms with Gasteiger partial charge < -0.3 is 9.64 Å². The molecule has 1 fully saturated rings. The molecule has 0 radical (unpaired) electrons. The first kappa shape index (κ1) is 14.8. The van der Waals surface area contributed by atoms with E-state index < -0.39 is 0 Å². The summed E-state index contributed by atoms with van der Waals surface area (Å²) in [6.07, 6.45) is 2.71. The van der Waals surface area contributed by atoms with Crippen molar-refractivity contribution in [3.05, 3.63) is 33.8 Å². The predicted molar refractivity (Wildman–Crippen MR) is 86.6 cm³/mol. The van der Waals surface area contributed by atoms with Crippen LogP contribution < -0.4 is 0 Å². The van der Waals surface area contributed by atoms with Crippen molar-refractivity contribution in [1.29, 1.82) is 0 Å². The number of nitrogens with zero attached hydrogens (tertiary/aromatic N) is 4. The van der Waals surface area contributed by atoms with Crippen LogP contribution in [0.2, 0.25) is 0 Å². The summed E-state index contributed by atoms with van der Waals surface area (Å²) >= 11 is 1.66. The third kappa shape index (κ3) is 2.57. The van der Waals surface area contributed by atoms with E-state index >= 15 is 0 Å². The number of amides is 1. The maximum Gasteiger partial charge on any atom is 0.254 e. The Morgan fingerprint density at radius 2 is 2.35 bits per heavy atom. The van der Waals surface area contributed by atoms with Gasteiger partial charge in [0.25, 0.3) is 5.91 Å². The summed E-state index contributed by atoms with van der Waals surface area (Å²) in [5, 5.41) is 10.1. The number of rotatable bonds is 2. The van der Waals surface area contributed by atoms with Crippen molar-refractivity contribution in [2.45, 2.75) is 44.9 Å². The average Bonchev–Trinajstić information content (AvgIpc) is 3.22. The third-order valence-electron chi connectivity index (χ3n) is 4.65. The molecule has 0 spiro atoms. The van der Waals surface area contributed by atoms with Gasteiger partial charge in [-0.05, 0) is 18.4 Å². The van der Waals surface area contributed by atoms with Crippen LogP contribution in [0, 0.1) is 0 Å². The fourth-order valence-corrected chi connectivity index (χ4v) is 4.21. The summed E-state index contributed by atoms with van der Waals surface area (Å²) in [4.78, 5) is 16.0. The molecule has 0 saturated carbocycles. The van der Waals surface area contributed by atoms with Crippen LogP contribution in [0.1, 0.15) is 53.2 Å². The molecule has 1 saturated heterocycles. The molecule has 6 nitrogen and oxygen atoms in total. The monoisotopic (exact) mass is 332 g/mol. The molecule has 0 aromatic carbocycles. The Bertz CT molecular complexity index is 723. The molecule has 122 valence electrons. The van der Waals surface area contributed by atoms with E-state index in [0.717, 1.165) is 24.2 Å². The SMILES string of the molecule is CC(C)c1cc(C(=O)N2CC[C@@H]3OCc4cnnn4[C@@H]3C2)cs1. The number of thiophene rings is 1. The second-order valence-electron chi connectivity index (χ2n) is 6.52. The Hall–Kier alpha value is -1.73. The van der Waals surface area contributed by atoms with Gasteiger partial charge in [0.15, 0.2) is 0 Å². The van der Waals surface area contributed by atoms with Crippen molar-refractivity contribution in [3.8, 4) is 0 Å².